The number of imidazole rings is 1. The molecular weight excluding hydrogens is 356 g/mol. The van der Waals surface area contributed by atoms with Gasteiger partial charge in [0.15, 0.2) is 5.69 Å². The fraction of sp³-hybridized carbons (Fsp3) is 0.474. The van der Waals surface area contributed by atoms with Gasteiger partial charge in [0.2, 0.25) is 0 Å². The molecule has 0 bridgehead atoms. The van der Waals surface area contributed by atoms with Gasteiger partial charge in [-0.15, -0.1) is 5.10 Å². The smallest absolute Gasteiger partial charge is 0.276 e. The Balaban J connectivity index is 1.35. The molecule has 148 valence electrons. The van der Waals surface area contributed by atoms with Crippen LogP contribution in [0.3, 0.4) is 0 Å². The number of hydrogen-bond donors (Lipinski definition) is 2. The normalized spacial score (nSPS) is 15.2. The second-order valence-electron chi connectivity index (χ2n) is 7.32. The number of carbonyl (C=O) groups is 1. The van der Waals surface area contributed by atoms with E-state index in [2.05, 4.69) is 36.6 Å². The van der Waals surface area contributed by atoms with E-state index in [9.17, 15) is 4.79 Å². The maximum atomic E-state index is 12.7. The zero-order chi connectivity index (χ0) is 19.5. The Hall–Kier alpha value is -2.78. The highest BCUT2D eigenvalue weighted by Crippen LogP contribution is 2.14. The van der Waals surface area contributed by atoms with Gasteiger partial charge in [0, 0.05) is 39.8 Å². The van der Waals surface area contributed by atoms with Crippen LogP contribution in [0.25, 0.3) is 11.0 Å². The molecule has 3 aromatic rings. The molecule has 28 heavy (non-hydrogen) atoms. The Bertz CT molecular complexity index is 956. The predicted molar refractivity (Wildman–Crippen MR) is 106 cm³/mol. The van der Waals surface area contributed by atoms with Crippen molar-refractivity contribution in [2.75, 3.05) is 39.8 Å². The summed E-state index contributed by atoms with van der Waals surface area (Å²) in [6, 6.07) is 6.06. The third kappa shape index (κ3) is 4.20. The molecule has 1 fully saturated rings. The van der Waals surface area contributed by atoms with E-state index in [1.165, 1.54) is 5.56 Å². The number of fused-ring (bicyclic) bond motifs is 1. The number of aromatic nitrogens is 5. The lowest BCUT2D eigenvalue weighted by atomic mass is 10.2. The highest BCUT2D eigenvalue weighted by atomic mass is 16.2. The van der Waals surface area contributed by atoms with Gasteiger partial charge in [-0.3, -0.25) is 14.4 Å². The van der Waals surface area contributed by atoms with Gasteiger partial charge in [-0.05, 0) is 24.6 Å². The molecule has 1 aromatic carbocycles. The zero-order valence-corrected chi connectivity index (χ0v) is 16.4. The summed E-state index contributed by atoms with van der Waals surface area (Å²) in [4.78, 5) is 24.5. The van der Waals surface area contributed by atoms with Crippen LogP contribution in [-0.2, 0) is 13.1 Å². The number of benzene rings is 1. The average molecular weight is 382 g/mol. The van der Waals surface area contributed by atoms with E-state index >= 15 is 0 Å². The summed E-state index contributed by atoms with van der Waals surface area (Å²) in [5.74, 6) is 0.590. The van der Waals surface area contributed by atoms with Crippen LogP contribution in [0, 0.1) is 6.92 Å². The number of hydrogen-bond acceptors (Lipinski definition) is 6. The number of piperazine rings is 1. The van der Waals surface area contributed by atoms with Crippen LogP contribution >= 0.6 is 0 Å². The third-order valence-electron chi connectivity index (χ3n) is 5.03. The molecule has 9 heteroatoms. The molecule has 2 N–H and O–H groups in total. The van der Waals surface area contributed by atoms with Gasteiger partial charge in [-0.25, -0.2) is 4.98 Å². The van der Waals surface area contributed by atoms with Crippen LogP contribution in [0.5, 0.6) is 0 Å². The van der Waals surface area contributed by atoms with Gasteiger partial charge < -0.3 is 15.2 Å². The van der Waals surface area contributed by atoms with Crippen LogP contribution in [-0.4, -0.2) is 80.4 Å². The molecule has 4 rings (SSSR count). The van der Waals surface area contributed by atoms with Gasteiger partial charge >= 0.3 is 0 Å². The maximum absolute atomic E-state index is 12.7. The van der Waals surface area contributed by atoms with Crippen LogP contribution in [0.1, 0.15) is 21.9 Å². The molecule has 1 amide bonds. The second kappa shape index (κ2) is 8.07. The van der Waals surface area contributed by atoms with E-state index in [-0.39, 0.29) is 5.91 Å². The fourth-order valence-electron chi connectivity index (χ4n) is 3.43. The summed E-state index contributed by atoms with van der Waals surface area (Å²) < 4.78 is 1.74. The summed E-state index contributed by atoms with van der Waals surface area (Å²) in [6.07, 6.45) is 1.73. The summed E-state index contributed by atoms with van der Waals surface area (Å²) in [7, 11) is 1.75. The van der Waals surface area contributed by atoms with E-state index < -0.39 is 0 Å². The van der Waals surface area contributed by atoms with Gasteiger partial charge in [-0.1, -0.05) is 11.3 Å². The Morgan fingerprint density at radius 1 is 1.25 bits per heavy atom. The van der Waals surface area contributed by atoms with Crippen molar-refractivity contribution in [1.29, 1.82) is 0 Å². The number of rotatable bonds is 6. The SMILES string of the molecule is Cc1ccc2nc(CN(C)C(=O)c3cn(CCN4CCNCC4)nn3)[nH]c2c1. The predicted octanol–water partition coefficient (Wildman–Crippen LogP) is 0.640. The largest absolute Gasteiger partial charge is 0.340 e. The third-order valence-corrected chi connectivity index (χ3v) is 5.03. The van der Waals surface area contributed by atoms with Crippen molar-refractivity contribution in [3.63, 3.8) is 0 Å². The monoisotopic (exact) mass is 382 g/mol. The van der Waals surface area contributed by atoms with Crippen LogP contribution in [0.15, 0.2) is 24.4 Å². The zero-order valence-electron chi connectivity index (χ0n) is 16.4. The van der Waals surface area contributed by atoms with Crippen molar-refractivity contribution in [3.05, 3.63) is 41.5 Å². The van der Waals surface area contributed by atoms with Crippen molar-refractivity contribution < 1.29 is 4.79 Å². The summed E-state index contributed by atoms with van der Waals surface area (Å²) in [5.41, 5.74) is 3.41. The molecular formula is C19H26N8O. The average Bonchev–Trinajstić information content (AvgIpc) is 3.32. The fourth-order valence-corrected chi connectivity index (χ4v) is 3.43. The second-order valence-corrected chi connectivity index (χ2v) is 7.32. The first kappa shape index (κ1) is 18.6. The van der Waals surface area contributed by atoms with Crippen LogP contribution in [0.4, 0.5) is 0 Å². The number of aryl methyl sites for hydroxylation is 1. The van der Waals surface area contributed by atoms with E-state index in [0.717, 1.165) is 56.1 Å². The lowest BCUT2D eigenvalue weighted by Crippen LogP contribution is -2.44. The number of carbonyl (C=O) groups excluding carboxylic acids is 1. The molecule has 2 aromatic heterocycles. The maximum Gasteiger partial charge on any atom is 0.276 e. The molecule has 0 radical (unpaired) electrons. The molecule has 1 saturated heterocycles. The van der Waals surface area contributed by atoms with Crippen molar-refractivity contribution >= 4 is 16.9 Å². The summed E-state index contributed by atoms with van der Waals surface area (Å²) in [5, 5.41) is 11.5. The van der Waals surface area contributed by atoms with Gasteiger partial charge in [0.25, 0.3) is 5.91 Å². The number of H-pyrrole nitrogens is 1. The van der Waals surface area contributed by atoms with Crippen molar-refractivity contribution in [1.82, 2.24) is 40.1 Å². The topological polar surface area (TPSA) is 95.0 Å². The van der Waals surface area contributed by atoms with E-state index in [1.807, 2.05) is 19.1 Å². The van der Waals surface area contributed by atoms with E-state index in [1.54, 1.807) is 22.8 Å². The van der Waals surface area contributed by atoms with E-state index in [0.29, 0.717) is 12.2 Å². The molecule has 1 aliphatic heterocycles. The molecule has 0 saturated carbocycles. The Morgan fingerprint density at radius 2 is 2.07 bits per heavy atom. The minimum absolute atomic E-state index is 0.162. The molecule has 0 spiro atoms. The van der Waals surface area contributed by atoms with Gasteiger partial charge in [0.05, 0.1) is 30.3 Å². The lowest BCUT2D eigenvalue weighted by molar-refractivity contribution is 0.0776. The lowest BCUT2D eigenvalue weighted by Gasteiger charge is -2.26. The first-order valence-corrected chi connectivity index (χ1v) is 9.62. The Morgan fingerprint density at radius 3 is 2.89 bits per heavy atom. The van der Waals surface area contributed by atoms with Crippen molar-refractivity contribution in [3.8, 4) is 0 Å². The number of amides is 1. The van der Waals surface area contributed by atoms with E-state index in [4.69, 9.17) is 0 Å². The minimum atomic E-state index is -0.162. The first-order chi connectivity index (χ1) is 13.6. The van der Waals surface area contributed by atoms with Crippen LogP contribution < -0.4 is 5.32 Å². The van der Waals surface area contributed by atoms with Gasteiger partial charge in [-0.2, -0.15) is 0 Å². The summed E-state index contributed by atoms with van der Waals surface area (Å²) >= 11 is 0. The highest BCUT2D eigenvalue weighted by Gasteiger charge is 2.18. The number of aromatic amines is 1. The standard InChI is InChI=1S/C19H26N8O/c1-14-3-4-15-16(11-14)22-18(21-15)13-25(2)19(28)17-12-27(24-23-17)10-9-26-7-5-20-6-8-26/h3-4,11-12,20H,5-10,13H2,1-2H3,(H,21,22). The Labute approximate surface area is 163 Å². The number of nitrogens with one attached hydrogen (secondary N) is 2. The quantitative estimate of drug-likeness (QED) is 0.650. The number of nitrogens with zero attached hydrogens (tertiary/aromatic N) is 6. The molecule has 0 unspecified atom stereocenters. The van der Waals surface area contributed by atoms with Crippen LogP contribution in [0.2, 0.25) is 0 Å². The van der Waals surface area contributed by atoms with Crippen molar-refractivity contribution in [2.24, 2.45) is 0 Å². The summed E-state index contributed by atoms with van der Waals surface area (Å²) in [6.45, 7) is 8.20. The molecule has 0 aliphatic carbocycles. The minimum Gasteiger partial charge on any atom is -0.340 e. The first-order valence-electron chi connectivity index (χ1n) is 9.62. The molecule has 9 nitrogen and oxygen atoms in total. The van der Waals surface area contributed by atoms with Crippen molar-refractivity contribution in [2.45, 2.75) is 20.0 Å². The molecule has 0 atom stereocenters. The Kier molecular flexibility index (Phi) is 5.36. The van der Waals surface area contributed by atoms with Gasteiger partial charge in [0.1, 0.15) is 5.82 Å². The highest BCUT2D eigenvalue weighted by molar-refractivity contribution is 5.91. The molecule has 1 aliphatic rings. The molecule has 3 heterocycles.